The molecule has 0 aliphatic heterocycles. The SMILES string of the molecule is Oc1cccc2c(Oc3ccc4[nH]ccc4c3)nccc12. The summed E-state index contributed by atoms with van der Waals surface area (Å²) >= 11 is 0. The smallest absolute Gasteiger partial charge is 0.227 e. The highest BCUT2D eigenvalue weighted by Crippen LogP contribution is 2.32. The highest BCUT2D eigenvalue weighted by molar-refractivity contribution is 5.91. The molecule has 102 valence electrons. The highest BCUT2D eigenvalue weighted by Gasteiger charge is 2.08. The van der Waals surface area contributed by atoms with Gasteiger partial charge in [0.2, 0.25) is 5.88 Å². The van der Waals surface area contributed by atoms with Crippen LogP contribution in [0.1, 0.15) is 0 Å². The third kappa shape index (κ3) is 1.97. The molecule has 0 aliphatic carbocycles. The molecule has 21 heavy (non-hydrogen) atoms. The number of nitrogens with one attached hydrogen (secondary N) is 1. The summed E-state index contributed by atoms with van der Waals surface area (Å²) in [6.07, 6.45) is 3.52. The van der Waals surface area contributed by atoms with Crippen molar-refractivity contribution in [2.45, 2.75) is 0 Å². The Hall–Kier alpha value is -3.01. The number of rotatable bonds is 2. The fraction of sp³-hybridized carbons (Fsp3) is 0. The number of phenols is 1. The fourth-order valence-corrected chi connectivity index (χ4v) is 2.45. The molecular weight excluding hydrogens is 264 g/mol. The molecule has 0 fully saturated rings. The lowest BCUT2D eigenvalue weighted by molar-refractivity contribution is 0.467. The van der Waals surface area contributed by atoms with E-state index < -0.39 is 0 Å². The largest absolute Gasteiger partial charge is 0.507 e. The topological polar surface area (TPSA) is 58.1 Å². The van der Waals surface area contributed by atoms with E-state index >= 15 is 0 Å². The van der Waals surface area contributed by atoms with Gasteiger partial charge in [-0.15, -0.1) is 0 Å². The average molecular weight is 276 g/mol. The van der Waals surface area contributed by atoms with Gasteiger partial charge in [-0.05, 0) is 42.5 Å². The molecule has 2 N–H and O–H groups in total. The van der Waals surface area contributed by atoms with Gasteiger partial charge in [-0.3, -0.25) is 0 Å². The van der Waals surface area contributed by atoms with E-state index in [1.54, 1.807) is 24.4 Å². The number of aromatic hydroxyl groups is 1. The van der Waals surface area contributed by atoms with Gasteiger partial charge in [-0.1, -0.05) is 6.07 Å². The minimum absolute atomic E-state index is 0.223. The lowest BCUT2D eigenvalue weighted by atomic mass is 10.1. The van der Waals surface area contributed by atoms with Gasteiger partial charge < -0.3 is 14.8 Å². The van der Waals surface area contributed by atoms with Gasteiger partial charge in [0.1, 0.15) is 11.5 Å². The van der Waals surface area contributed by atoms with Crippen molar-refractivity contribution in [3.8, 4) is 17.4 Å². The normalized spacial score (nSPS) is 11.0. The summed E-state index contributed by atoms with van der Waals surface area (Å²) in [5.74, 6) is 1.42. The Morgan fingerprint density at radius 2 is 1.95 bits per heavy atom. The molecule has 4 nitrogen and oxygen atoms in total. The predicted octanol–water partition coefficient (Wildman–Crippen LogP) is 4.21. The van der Waals surface area contributed by atoms with Crippen LogP contribution < -0.4 is 4.74 Å². The second-order valence-corrected chi connectivity index (χ2v) is 4.82. The first kappa shape index (κ1) is 11.8. The molecule has 0 bridgehead atoms. The molecule has 0 saturated heterocycles. The Labute approximate surface area is 120 Å². The zero-order valence-corrected chi connectivity index (χ0v) is 11.1. The van der Waals surface area contributed by atoms with Crippen molar-refractivity contribution in [2.75, 3.05) is 0 Å². The summed E-state index contributed by atoms with van der Waals surface area (Å²) in [5.41, 5.74) is 1.06. The monoisotopic (exact) mass is 276 g/mol. The van der Waals surface area contributed by atoms with Crippen molar-refractivity contribution in [1.29, 1.82) is 0 Å². The maximum atomic E-state index is 9.89. The number of hydrogen-bond donors (Lipinski definition) is 2. The van der Waals surface area contributed by atoms with Gasteiger partial charge in [-0.2, -0.15) is 0 Å². The molecule has 0 amide bonds. The predicted molar refractivity (Wildman–Crippen MR) is 81.8 cm³/mol. The number of aromatic nitrogens is 2. The molecule has 0 saturated carbocycles. The van der Waals surface area contributed by atoms with Gasteiger partial charge in [-0.25, -0.2) is 4.98 Å². The number of nitrogens with zero attached hydrogens (tertiary/aromatic N) is 1. The van der Waals surface area contributed by atoms with E-state index in [1.807, 2.05) is 36.5 Å². The number of aromatic amines is 1. The first-order valence-electron chi connectivity index (χ1n) is 6.63. The van der Waals surface area contributed by atoms with E-state index in [0.717, 1.165) is 21.7 Å². The molecule has 4 heteroatoms. The van der Waals surface area contributed by atoms with Gasteiger partial charge in [0.25, 0.3) is 0 Å². The molecule has 4 rings (SSSR count). The maximum Gasteiger partial charge on any atom is 0.227 e. The molecule has 2 aromatic carbocycles. The first-order valence-corrected chi connectivity index (χ1v) is 6.63. The molecule has 0 spiro atoms. The van der Waals surface area contributed by atoms with Crippen molar-refractivity contribution < 1.29 is 9.84 Å². The second kappa shape index (κ2) is 4.52. The number of phenolic OH excluding ortho intramolecular Hbond substituents is 1. The van der Waals surface area contributed by atoms with Crippen LogP contribution in [0.2, 0.25) is 0 Å². The third-order valence-corrected chi connectivity index (χ3v) is 3.49. The van der Waals surface area contributed by atoms with Crippen LogP contribution >= 0.6 is 0 Å². The molecule has 0 aliphatic rings. The zero-order valence-electron chi connectivity index (χ0n) is 11.1. The summed E-state index contributed by atoms with van der Waals surface area (Å²) in [7, 11) is 0. The number of fused-ring (bicyclic) bond motifs is 2. The lowest BCUT2D eigenvalue weighted by Crippen LogP contribution is -1.89. The van der Waals surface area contributed by atoms with Crippen molar-refractivity contribution in [3.05, 3.63) is 60.9 Å². The highest BCUT2D eigenvalue weighted by atomic mass is 16.5. The summed E-state index contributed by atoms with van der Waals surface area (Å²) in [4.78, 5) is 7.41. The Bertz CT molecular complexity index is 944. The van der Waals surface area contributed by atoms with E-state index in [0.29, 0.717) is 11.6 Å². The number of ether oxygens (including phenoxy) is 1. The van der Waals surface area contributed by atoms with Crippen molar-refractivity contribution in [1.82, 2.24) is 9.97 Å². The number of hydrogen-bond acceptors (Lipinski definition) is 3. The fourth-order valence-electron chi connectivity index (χ4n) is 2.45. The minimum atomic E-state index is 0.223. The van der Waals surface area contributed by atoms with Crippen LogP contribution in [0.3, 0.4) is 0 Å². The Kier molecular flexibility index (Phi) is 2.54. The summed E-state index contributed by atoms with van der Waals surface area (Å²) < 4.78 is 5.89. The van der Waals surface area contributed by atoms with Crippen LogP contribution in [-0.4, -0.2) is 15.1 Å². The van der Waals surface area contributed by atoms with Crippen LogP contribution in [0.15, 0.2) is 60.9 Å². The van der Waals surface area contributed by atoms with Crippen LogP contribution in [0.5, 0.6) is 17.4 Å². The Morgan fingerprint density at radius 3 is 2.90 bits per heavy atom. The first-order chi connectivity index (χ1) is 10.3. The molecule has 4 aromatic rings. The third-order valence-electron chi connectivity index (χ3n) is 3.49. The molecular formula is C17H12N2O2. The van der Waals surface area contributed by atoms with Crippen LogP contribution in [-0.2, 0) is 0 Å². The molecule has 0 radical (unpaired) electrons. The van der Waals surface area contributed by atoms with Crippen LogP contribution in [0.4, 0.5) is 0 Å². The molecule has 2 aromatic heterocycles. The van der Waals surface area contributed by atoms with Crippen molar-refractivity contribution in [2.24, 2.45) is 0 Å². The van der Waals surface area contributed by atoms with Crippen LogP contribution in [0, 0.1) is 0 Å². The van der Waals surface area contributed by atoms with Crippen molar-refractivity contribution >= 4 is 21.7 Å². The Balaban J connectivity index is 1.81. The van der Waals surface area contributed by atoms with E-state index in [4.69, 9.17) is 4.74 Å². The lowest BCUT2D eigenvalue weighted by Gasteiger charge is -2.08. The Morgan fingerprint density at radius 1 is 1.00 bits per heavy atom. The van der Waals surface area contributed by atoms with Crippen molar-refractivity contribution in [3.63, 3.8) is 0 Å². The number of H-pyrrole nitrogens is 1. The quantitative estimate of drug-likeness (QED) is 0.576. The van der Waals surface area contributed by atoms with Gasteiger partial charge >= 0.3 is 0 Å². The maximum absolute atomic E-state index is 9.89. The zero-order chi connectivity index (χ0) is 14.2. The van der Waals surface area contributed by atoms with E-state index in [-0.39, 0.29) is 5.75 Å². The molecule has 0 atom stereocenters. The van der Waals surface area contributed by atoms with Gasteiger partial charge in [0, 0.05) is 34.1 Å². The summed E-state index contributed by atoms with van der Waals surface area (Å²) in [5, 5.41) is 12.5. The molecule has 0 unspecified atom stereocenters. The van der Waals surface area contributed by atoms with Gasteiger partial charge in [0.05, 0.1) is 0 Å². The second-order valence-electron chi connectivity index (χ2n) is 4.82. The van der Waals surface area contributed by atoms with E-state index in [9.17, 15) is 5.11 Å². The number of benzene rings is 2. The average Bonchev–Trinajstić information content (AvgIpc) is 2.96. The van der Waals surface area contributed by atoms with Gasteiger partial charge in [0.15, 0.2) is 0 Å². The van der Waals surface area contributed by atoms with E-state index in [2.05, 4.69) is 9.97 Å². The standard InChI is InChI=1S/C17H12N2O2/c20-16-3-1-2-14-13(16)7-9-19-17(14)21-12-4-5-15-11(10-12)6-8-18-15/h1-10,18,20H. The summed E-state index contributed by atoms with van der Waals surface area (Å²) in [6, 6.07) is 14.9. The van der Waals surface area contributed by atoms with Crippen LogP contribution in [0.25, 0.3) is 21.7 Å². The minimum Gasteiger partial charge on any atom is -0.507 e. The summed E-state index contributed by atoms with van der Waals surface area (Å²) in [6.45, 7) is 0. The van der Waals surface area contributed by atoms with E-state index in [1.165, 1.54) is 0 Å². The number of pyridine rings is 1. The molecule has 2 heterocycles.